The van der Waals surface area contributed by atoms with E-state index >= 15 is 0 Å². The molecular formula is C16H23NO6. The lowest BCUT2D eigenvalue weighted by molar-refractivity contribution is -0.155. The Labute approximate surface area is 135 Å². The smallest absolute Gasteiger partial charge is 0.338 e. The van der Waals surface area contributed by atoms with Crippen molar-refractivity contribution >= 4 is 17.8 Å². The van der Waals surface area contributed by atoms with Crippen LogP contribution in [0.4, 0.5) is 0 Å². The van der Waals surface area contributed by atoms with Gasteiger partial charge in [0.15, 0.2) is 5.76 Å². The van der Waals surface area contributed by atoms with Crippen LogP contribution < -0.4 is 5.32 Å². The molecule has 0 saturated heterocycles. The summed E-state index contributed by atoms with van der Waals surface area (Å²) in [6.45, 7) is 8.88. The van der Waals surface area contributed by atoms with Crippen LogP contribution in [0.5, 0.6) is 0 Å². The second kappa shape index (κ2) is 6.85. The number of aromatic carboxylic acids is 1. The van der Waals surface area contributed by atoms with E-state index in [1.165, 1.54) is 0 Å². The van der Waals surface area contributed by atoms with Crippen LogP contribution in [0.25, 0.3) is 0 Å². The van der Waals surface area contributed by atoms with Gasteiger partial charge in [0.05, 0.1) is 5.56 Å². The zero-order valence-corrected chi connectivity index (χ0v) is 14.1. The molecule has 128 valence electrons. The highest BCUT2D eigenvalue weighted by Crippen LogP contribution is 2.16. The summed E-state index contributed by atoms with van der Waals surface area (Å²) in [5.74, 6) is -2.14. The van der Waals surface area contributed by atoms with Crippen LogP contribution in [0, 0.1) is 0 Å². The third-order valence-electron chi connectivity index (χ3n) is 2.90. The molecule has 1 rings (SSSR count). The van der Waals surface area contributed by atoms with E-state index in [0.29, 0.717) is 6.42 Å². The molecule has 1 aromatic heterocycles. The number of carbonyl (C=O) groups excluding carboxylic acids is 2. The van der Waals surface area contributed by atoms with Crippen molar-refractivity contribution in [2.24, 2.45) is 0 Å². The predicted molar refractivity (Wildman–Crippen MR) is 82.3 cm³/mol. The van der Waals surface area contributed by atoms with Gasteiger partial charge in [0, 0.05) is 18.0 Å². The summed E-state index contributed by atoms with van der Waals surface area (Å²) < 4.78 is 10.2. The number of amides is 1. The van der Waals surface area contributed by atoms with Crippen LogP contribution in [0.3, 0.4) is 0 Å². The zero-order chi connectivity index (χ0) is 17.8. The van der Waals surface area contributed by atoms with E-state index < -0.39 is 23.0 Å². The van der Waals surface area contributed by atoms with Gasteiger partial charge in [0.1, 0.15) is 11.9 Å². The van der Waals surface area contributed by atoms with Crippen molar-refractivity contribution in [3.8, 4) is 0 Å². The molecule has 0 radical (unpaired) electrons. The Bertz CT molecular complexity index is 594. The molecule has 0 saturated carbocycles. The first kappa shape index (κ1) is 18.7. The molecule has 0 unspecified atom stereocenters. The summed E-state index contributed by atoms with van der Waals surface area (Å²) in [5.41, 5.74) is -1.32. The molecule has 7 heteroatoms. The minimum absolute atomic E-state index is 0.0901. The maximum absolute atomic E-state index is 12.1. The molecule has 1 aromatic rings. The van der Waals surface area contributed by atoms with E-state index in [4.69, 9.17) is 14.3 Å². The van der Waals surface area contributed by atoms with Crippen LogP contribution in [0.2, 0.25) is 0 Å². The average Bonchev–Trinajstić information content (AvgIpc) is 2.83. The molecule has 0 aromatic carbocycles. The summed E-state index contributed by atoms with van der Waals surface area (Å²) in [7, 11) is 0. The molecular weight excluding hydrogens is 302 g/mol. The fourth-order valence-corrected chi connectivity index (χ4v) is 1.81. The van der Waals surface area contributed by atoms with Gasteiger partial charge in [-0.1, -0.05) is 0 Å². The number of carbonyl (C=O) groups is 3. The molecule has 0 aliphatic rings. The number of carboxylic acids is 1. The van der Waals surface area contributed by atoms with Crippen molar-refractivity contribution < 1.29 is 28.6 Å². The van der Waals surface area contributed by atoms with Crippen molar-refractivity contribution in [1.29, 1.82) is 0 Å². The quantitative estimate of drug-likeness (QED) is 0.779. The Hall–Kier alpha value is -2.31. The average molecular weight is 325 g/mol. The molecule has 2 N–H and O–H groups in total. The van der Waals surface area contributed by atoms with Gasteiger partial charge >= 0.3 is 11.9 Å². The van der Waals surface area contributed by atoms with Crippen molar-refractivity contribution in [1.82, 2.24) is 5.32 Å². The highest BCUT2D eigenvalue weighted by atomic mass is 16.6. The second-order valence-corrected chi connectivity index (χ2v) is 6.93. The van der Waals surface area contributed by atoms with E-state index in [-0.39, 0.29) is 23.7 Å². The Morgan fingerprint density at radius 3 is 2.30 bits per heavy atom. The lowest BCUT2D eigenvalue weighted by Gasteiger charge is -2.26. The van der Waals surface area contributed by atoms with Crippen LogP contribution in [0.15, 0.2) is 16.7 Å². The number of nitrogens with one attached hydrogen (secondary N) is 1. The molecule has 0 spiro atoms. The number of carboxylic acid groups (broad SMARTS) is 1. The Morgan fingerprint density at radius 1 is 1.22 bits per heavy atom. The summed E-state index contributed by atoms with van der Waals surface area (Å²) in [6.07, 6.45) is 1.54. The number of furan rings is 1. The van der Waals surface area contributed by atoms with E-state index in [2.05, 4.69) is 5.32 Å². The number of esters is 1. The molecule has 0 aliphatic heterocycles. The van der Waals surface area contributed by atoms with Gasteiger partial charge in [-0.3, -0.25) is 9.59 Å². The molecule has 23 heavy (non-hydrogen) atoms. The summed E-state index contributed by atoms with van der Waals surface area (Å²) in [5, 5.41) is 11.5. The highest BCUT2D eigenvalue weighted by molar-refractivity contribution is 5.95. The number of rotatable bonds is 6. The van der Waals surface area contributed by atoms with Crippen molar-refractivity contribution in [2.45, 2.75) is 58.6 Å². The summed E-state index contributed by atoms with van der Waals surface area (Å²) in [6, 6.07) is 1.15. The maximum Gasteiger partial charge on any atom is 0.338 e. The van der Waals surface area contributed by atoms with E-state index in [0.717, 1.165) is 12.3 Å². The van der Waals surface area contributed by atoms with Crippen LogP contribution >= 0.6 is 0 Å². The number of hydrogen-bond acceptors (Lipinski definition) is 5. The van der Waals surface area contributed by atoms with E-state index in [9.17, 15) is 14.4 Å². The first-order chi connectivity index (χ1) is 10.4. The summed E-state index contributed by atoms with van der Waals surface area (Å²) >= 11 is 0. The van der Waals surface area contributed by atoms with Crippen LogP contribution in [-0.4, -0.2) is 34.1 Å². The fraction of sp³-hybridized carbons (Fsp3) is 0.562. The Morgan fingerprint density at radius 2 is 1.83 bits per heavy atom. The maximum atomic E-state index is 12.1. The Kier molecular flexibility index (Phi) is 5.58. The van der Waals surface area contributed by atoms with Gasteiger partial charge in [-0.2, -0.15) is 0 Å². The van der Waals surface area contributed by atoms with Gasteiger partial charge in [-0.05, 0) is 41.0 Å². The first-order valence-electron chi connectivity index (χ1n) is 7.26. The Balaban J connectivity index is 2.58. The fourth-order valence-electron chi connectivity index (χ4n) is 1.81. The molecule has 7 nitrogen and oxygen atoms in total. The van der Waals surface area contributed by atoms with Gasteiger partial charge in [0.2, 0.25) is 0 Å². The largest absolute Gasteiger partial charge is 0.478 e. The van der Waals surface area contributed by atoms with Gasteiger partial charge in [-0.15, -0.1) is 0 Å². The van der Waals surface area contributed by atoms with Gasteiger partial charge < -0.3 is 19.6 Å². The molecule has 0 bridgehead atoms. The molecule has 0 fully saturated rings. The summed E-state index contributed by atoms with van der Waals surface area (Å²) in [4.78, 5) is 34.5. The third-order valence-corrected chi connectivity index (χ3v) is 2.90. The molecule has 0 atom stereocenters. The van der Waals surface area contributed by atoms with Gasteiger partial charge in [0.25, 0.3) is 5.91 Å². The van der Waals surface area contributed by atoms with Crippen molar-refractivity contribution in [2.75, 3.05) is 0 Å². The topological polar surface area (TPSA) is 106 Å². The second-order valence-electron chi connectivity index (χ2n) is 6.93. The molecule has 1 heterocycles. The number of ether oxygens (including phenoxy) is 1. The lowest BCUT2D eigenvalue weighted by atomic mass is 9.98. The standard InChI is InChI=1S/C16H23NO6/c1-15(2,3)23-12(18)6-7-16(4,5)17-13(19)11-8-10(9-22-11)14(20)21/h8-9H,6-7H2,1-5H3,(H,17,19)(H,20,21). The predicted octanol–water partition coefficient (Wildman–Crippen LogP) is 2.61. The third kappa shape index (κ3) is 6.54. The lowest BCUT2D eigenvalue weighted by Crippen LogP contribution is -2.43. The monoisotopic (exact) mass is 325 g/mol. The van der Waals surface area contributed by atoms with Crippen LogP contribution in [-0.2, 0) is 9.53 Å². The minimum Gasteiger partial charge on any atom is -0.478 e. The first-order valence-corrected chi connectivity index (χ1v) is 7.26. The molecule has 0 aliphatic carbocycles. The zero-order valence-electron chi connectivity index (χ0n) is 14.1. The molecule has 1 amide bonds. The van der Waals surface area contributed by atoms with Crippen molar-refractivity contribution in [3.63, 3.8) is 0 Å². The van der Waals surface area contributed by atoms with Crippen molar-refractivity contribution in [3.05, 3.63) is 23.7 Å². The van der Waals surface area contributed by atoms with Gasteiger partial charge in [-0.25, -0.2) is 4.79 Å². The van der Waals surface area contributed by atoms with Crippen LogP contribution in [0.1, 0.15) is 68.4 Å². The highest BCUT2D eigenvalue weighted by Gasteiger charge is 2.26. The normalized spacial score (nSPS) is 11.9. The minimum atomic E-state index is -1.17. The number of hydrogen-bond donors (Lipinski definition) is 2. The van der Waals surface area contributed by atoms with E-state index in [1.807, 2.05) is 0 Å². The van der Waals surface area contributed by atoms with E-state index in [1.54, 1.807) is 34.6 Å². The SMILES string of the molecule is CC(C)(CCC(=O)OC(C)(C)C)NC(=O)c1cc(C(=O)O)co1.